The quantitative estimate of drug-likeness (QED) is 0.233. The van der Waals surface area contributed by atoms with Crippen LogP contribution in [-0.4, -0.2) is 61.5 Å². The number of benzene rings is 3. The molecule has 1 aliphatic heterocycles. The summed E-state index contributed by atoms with van der Waals surface area (Å²) in [5, 5.41) is 10.8. The fourth-order valence-corrected chi connectivity index (χ4v) is 5.44. The van der Waals surface area contributed by atoms with Crippen molar-refractivity contribution in [3.05, 3.63) is 102 Å². The number of hydrogen-bond donors (Lipinski definition) is 1. The van der Waals surface area contributed by atoms with E-state index in [1.165, 1.54) is 36.4 Å². The number of halogens is 1. The number of aliphatic hydroxyl groups is 1. The first-order valence-electron chi connectivity index (χ1n) is 11.6. The lowest BCUT2D eigenvalue weighted by atomic mass is 9.99. The molecule has 5 atom stereocenters. The van der Waals surface area contributed by atoms with Gasteiger partial charge in [0.25, 0.3) is 10.1 Å². The SMILES string of the molecule is Cc1ccc(S(=O)(=O)O[C@@H]2[C@@H](OC(=O)c3ccccc3)[C@H](OC(=O)c3ccccc3)[C@@H](CBr)O[C@@H]2O)cc1. The number of ether oxygens (including phenoxy) is 3. The van der Waals surface area contributed by atoms with Gasteiger partial charge in [0.05, 0.1) is 16.0 Å². The van der Waals surface area contributed by atoms with Crippen molar-refractivity contribution in [2.75, 3.05) is 5.33 Å². The first-order chi connectivity index (χ1) is 18.2. The second kappa shape index (κ2) is 12.2. The number of esters is 2. The highest BCUT2D eigenvalue weighted by Crippen LogP contribution is 2.32. The molecular weight excluding hydrogens is 580 g/mol. The van der Waals surface area contributed by atoms with Gasteiger partial charge in [0.15, 0.2) is 24.6 Å². The number of carbonyl (C=O) groups is 2. The highest BCUT2D eigenvalue weighted by Gasteiger charge is 2.52. The standard InChI is InChI=1S/C27H25BrO9S/c1-17-12-14-20(15-13-17)38(32,33)37-24-23(36-26(30)19-10-6-3-7-11-19)22(21(16-28)34-27(24)31)35-25(29)18-8-4-2-5-9-18/h2-15,21-24,27,31H,16H2,1H3/t21-,22-,23+,24-,27+/m1/s1. The van der Waals surface area contributed by atoms with E-state index >= 15 is 0 Å². The lowest BCUT2D eigenvalue weighted by Crippen LogP contribution is -2.61. The lowest BCUT2D eigenvalue weighted by Gasteiger charge is -2.42. The summed E-state index contributed by atoms with van der Waals surface area (Å²) in [6.45, 7) is 1.79. The summed E-state index contributed by atoms with van der Waals surface area (Å²) in [5.41, 5.74) is 1.20. The Morgan fingerprint density at radius 1 is 0.816 bits per heavy atom. The zero-order chi connectivity index (χ0) is 27.3. The van der Waals surface area contributed by atoms with Crippen LogP contribution in [0.4, 0.5) is 0 Å². The Kier molecular flexibility index (Phi) is 8.95. The van der Waals surface area contributed by atoms with Crippen LogP contribution < -0.4 is 0 Å². The lowest BCUT2D eigenvalue weighted by molar-refractivity contribution is -0.268. The molecule has 0 spiro atoms. The first-order valence-corrected chi connectivity index (χ1v) is 14.1. The van der Waals surface area contributed by atoms with E-state index in [-0.39, 0.29) is 21.4 Å². The highest BCUT2D eigenvalue weighted by atomic mass is 79.9. The zero-order valence-corrected chi connectivity index (χ0v) is 22.6. The van der Waals surface area contributed by atoms with E-state index in [1.807, 2.05) is 0 Å². The molecule has 0 aromatic heterocycles. The number of aliphatic hydroxyl groups excluding tert-OH is 1. The van der Waals surface area contributed by atoms with Crippen LogP contribution in [0.5, 0.6) is 0 Å². The van der Waals surface area contributed by atoms with Gasteiger partial charge in [0.1, 0.15) is 6.10 Å². The fraction of sp³-hybridized carbons (Fsp3) is 0.259. The number of aryl methyl sites for hydroxylation is 1. The van der Waals surface area contributed by atoms with Gasteiger partial charge in [0, 0.05) is 5.33 Å². The van der Waals surface area contributed by atoms with Crippen LogP contribution >= 0.6 is 15.9 Å². The molecule has 1 heterocycles. The van der Waals surface area contributed by atoms with Gasteiger partial charge in [-0.2, -0.15) is 8.42 Å². The predicted octanol–water partition coefficient (Wildman–Crippen LogP) is 3.63. The number of carbonyl (C=O) groups excluding carboxylic acids is 2. The zero-order valence-electron chi connectivity index (χ0n) is 20.2. The third kappa shape index (κ3) is 6.48. The van der Waals surface area contributed by atoms with Gasteiger partial charge in [-0.15, -0.1) is 0 Å². The largest absolute Gasteiger partial charge is 0.452 e. The van der Waals surface area contributed by atoms with Crippen molar-refractivity contribution in [3.8, 4) is 0 Å². The predicted molar refractivity (Wildman–Crippen MR) is 139 cm³/mol. The van der Waals surface area contributed by atoms with Gasteiger partial charge in [0.2, 0.25) is 0 Å². The number of alkyl halides is 1. The number of rotatable bonds is 8. The normalized spacial score (nSPS) is 23.4. The molecule has 1 saturated heterocycles. The van der Waals surface area contributed by atoms with E-state index in [2.05, 4.69) is 15.9 Å². The summed E-state index contributed by atoms with van der Waals surface area (Å²) in [6, 6.07) is 21.9. The van der Waals surface area contributed by atoms with Gasteiger partial charge in [-0.05, 0) is 43.3 Å². The van der Waals surface area contributed by atoms with Crippen LogP contribution in [-0.2, 0) is 28.5 Å². The van der Waals surface area contributed by atoms with Crippen LogP contribution in [0.2, 0.25) is 0 Å². The second-order valence-corrected chi connectivity index (χ2v) is 10.7. The van der Waals surface area contributed by atoms with E-state index in [9.17, 15) is 23.1 Å². The maximum absolute atomic E-state index is 13.1. The van der Waals surface area contributed by atoms with Crippen molar-refractivity contribution in [1.29, 1.82) is 0 Å². The molecule has 0 unspecified atom stereocenters. The van der Waals surface area contributed by atoms with Crippen molar-refractivity contribution < 1.29 is 41.5 Å². The first kappa shape index (κ1) is 27.9. The Hall–Kier alpha value is -3.09. The molecule has 11 heteroatoms. The number of hydrogen-bond acceptors (Lipinski definition) is 9. The molecule has 0 bridgehead atoms. The third-order valence-electron chi connectivity index (χ3n) is 5.81. The summed E-state index contributed by atoms with van der Waals surface area (Å²) in [4.78, 5) is 25.8. The van der Waals surface area contributed by atoms with Crippen molar-refractivity contribution in [3.63, 3.8) is 0 Å². The molecule has 0 aliphatic carbocycles. The molecule has 1 N–H and O–H groups in total. The van der Waals surface area contributed by atoms with E-state index in [1.54, 1.807) is 55.5 Å². The van der Waals surface area contributed by atoms with Crippen molar-refractivity contribution in [1.82, 2.24) is 0 Å². The molecule has 38 heavy (non-hydrogen) atoms. The van der Waals surface area contributed by atoms with E-state index in [0.717, 1.165) is 5.56 Å². The highest BCUT2D eigenvalue weighted by molar-refractivity contribution is 9.09. The van der Waals surface area contributed by atoms with Crippen LogP contribution in [0.1, 0.15) is 26.3 Å². The van der Waals surface area contributed by atoms with E-state index in [0.29, 0.717) is 0 Å². The molecule has 3 aromatic carbocycles. The van der Waals surface area contributed by atoms with Gasteiger partial charge in [-0.1, -0.05) is 70.0 Å². The van der Waals surface area contributed by atoms with Crippen LogP contribution in [0.3, 0.4) is 0 Å². The minimum Gasteiger partial charge on any atom is -0.452 e. The van der Waals surface area contributed by atoms with Crippen molar-refractivity contribution in [2.45, 2.75) is 42.5 Å². The average molecular weight is 605 g/mol. The Balaban J connectivity index is 1.70. The van der Waals surface area contributed by atoms with E-state index in [4.69, 9.17) is 18.4 Å². The summed E-state index contributed by atoms with van der Waals surface area (Å²) < 4.78 is 48.5. The summed E-state index contributed by atoms with van der Waals surface area (Å²) in [6.07, 6.45) is -7.48. The topological polar surface area (TPSA) is 125 Å². The summed E-state index contributed by atoms with van der Waals surface area (Å²) >= 11 is 3.26. The molecule has 4 rings (SSSR count). The van der Waals surface area contributed by atoms with Crippen molar-refractivity contribution in [2.24, 2.45) is 0 Å². The maximum Gasteiger partial charge on any atom is 0.338 e. The second-order valence-electron chi connectivity index (χ2n) is 8.52. The molecule has 9 nitrogen and oxygen atoms in total. The Bertz CT molecular complexity index is 1350. The minimum absolute atomic E-state index is 0.0631. The van der Waals surface area contributed by atoms with Crippen LogP contribution in [0.25, 0.3) is 0 Å². The molecule has 1 fully saturated rings. The minimum atomic E-state index is -4.45. The Labute approximate surface area is 228 Å². The molecule has 0 amide bonds. The summed E-state index contributed by atoms with van der Waals surface area (Å²) in [7, 11) is -4.45. The smallest absolute Gasteiger partial charge is 0.338 e. The van der Waals surface area contributed by atoms with Crippen LogP contribution in [0.15, 0.2) is 89.8 Å². The van der Waals surface area contributed by atoms with Gasteiger partial charge >= 0.3 is 11.9 Å². The Morgan fingerprint density at radius 2 is 1.32 bits per heavy atom. The Morgan fingerprint density at radius 3 is 1.82 bits per heavy atom. The van der Waals surface area contributed by atoms with Gasteiger partial charge in [-0.3, -0.25) is 4.18 Å². The monoisotopic (exact) mass is 604 g/mol. The van der Waals surface area contributed by atoms with Gasteiger partial charge in [-0.25, -0.2) is 9.59 Å². The van der Waals surface area contributed by atoms with Gasteiger partial charge < -0.3 is 19.3 Å². The average Bonchev–Trinajstić information content (AvgIpc) is 2.93. The fourth-order valence-electron chi connectivity index (χ4n) is 3.84. The van der Waals surface area contributed by atoms with Crippen molar-refractivity contribution >= 4 is 38.0 Å². The molecule has 0 radical (unpaired) electrons. The molecule has 0 saturated carbocycles. The van der Waals surface area contributed by atoms with Crippen LogP contribution in [0, 0.1) is 6.92 Å². The molecular formula is C27H25BrO9S. The third-order valence-corrected chi connectivity index (χ3v) is 7.78. The molecule has 3 aromatic rings. The summed E-state index contributed by atoms with van der Waals surface area (Å²) in [5.74, 6) is -1.59. The molecule has 1 aliphatic rings. The van der Waals surface area contributed by atoms with E-state index < -0.39 is 52.8 Å². The maximum atomic E-state index is 13.1. The molecule has 200 valence electrons.